The van der Waals surface area contributed by atoms with Crippen molar-refractivity contribution in [2.75, 3.05) is 18.5 Å². The summed E-state index contributed by atoms with van der Waals surface area (Å²) in [4.78, 5) is 23.5. The molecule has 1 atom stereocenters. The number of nitrogens with one attached hydrogen (secondary N) is 2. The summed E-state index contributed by atoms with van der Waals surface area (Å²) in [6.45, 7) is 4.99. The molecule has 0 radical (unpaired) electrons. The number of ether oxygens (including phenoxy) is 1. The van der Waals surface area contributed by atoms with Crippen molar-refractivity contribution in [2.24, 2.45) is 0 Å². The summed E-state index contributed by atoms with van der Waals surface area (Å²) in [6.07, 6.45) is 1.97. The number of rotatable bonds is 3. The lowest BCUT2D eigenvalue weighted by molar-refractivity contribution is -0.136. The van der Waals surface area contributed by atoms with Gasteiger partial charge in [-0.15, -0.1) is 0 Å². The molecule has 0 unspecified atom stereocenters. The maximum Gasteiger partial charge on any atom is 0.313 e. The predicted molar refractivity (Wildman–Crippen MR) is 76.5 cm³/mol. The van der Waals surface area contributed by atoms with E-state index in [1.807, 2.05) is 26.0 Å². The summed E-state index contributed by atoms with van der Waals surface area (Å²) < 4.78 is 5.39. The van der Waals surface area contributed by atoms with E-state index in [0.717, 1.165) is 30.6 Å². The normalized spacial score (nSPS) is 17.8. The fourth-order valence-electron chi connectivity index (χ4n) is 2.16. The van der Waals surface area contributed by atoms with Gasteiger partial charge in [0.25, 0.3) is 0 Å². The van der Waals surface area contributed by atoms with E-state index in [1.165, 1.54) is 0 Å². The van der Waals surface area contributed by atoms with Crippen molar-refractivity contribution in [2.45, 2.75) is 32.8 Å². The molecule has 1 aromatic carbocycles. The highest BCUT2D eigenvalue weighted by Gasteiger charge is 2.19. The van der Waals surface area contributed by atoms with E-state index in [-0.39, 0.29) is 6.10 Å². The van der Waals surface area contributed by atoms with Gasteiger partial charge in [0.1, 0.15) is 0 Å². The zero-order chi connectivity index (χ0) is 14.5. The van der Waals surface area contributed by atoms with E-state index in [4.69, 9.17) is 4.74 Å². The minimum Gasteiger partial charge on any atom is -0.376 e. The SMILES string of the molecule is Cc1cccc(NC(=O)C(=O)NC[C@H]2CCCO2)c1C. The molecule has 108 valence electrons. The predicted octanol–water partition coefficient (Wildman–Crippen LogP) is 1.54. The van der Waals surface area contributed by atoms with Crippen molar-refractivity contribution in [1.29, 1.82) is 0 Å². The third-order valence-electron chi connectivity index (χ3n) is 3.57. The van der Waals surface area contributed by atoms with Gasteiger partial charge in [-0.3, -0.25) is 9.59 Å². The topological polar surface area (TPSA) is 67.4 Å². The van der Waals surface area contributed by atoms with Crippen LogP contribution in [0, 0.1) is 13.8 Å². The maximum atomic E-state index is 11.8. The van der Waals surface area contributed by atoms with Crippen LogP contribution in [-0.2, 0) is 14.3 Å². The molecule has 20 heavy (non-hydrogen) atoms. The van der Waals surface area contributed by atoms with Crippen molar-refractivity contribution >= 4 is 17.5 Å². The molecule has 2 N–H and O–H groups in total. The molecule has 1 fully saturated rings. The molecule has 0 aromatic heterocycles. The highest BCUT2D eigenvalue weighted by molar-refractivity contribution is 6.39. The number of hydrogen-bond donors (Lipinski definition) is 2. The van der Waals surface area contributed by atoms with Gasteiger partial charge >= 0.3 is 11.8 Å². The van der Waals surface area contributed by atoms with Crippen LogP contribution < -0.4 is 10.6 Å². The van der Waals surface area contributed by atoms with E-state index in [9.17, 15) is 9.59 Å². The molecule has 1 aromatic rings. The minimum absolute atomic E-state index is 0.0347. The molecule has 1 aliphatic rings. The van der Waals surface area contributed by atoms with Crippen LogP contribution in [0.1, 0.15) is 24.0 Å². The Balaban J connectivity index is 1.87. The molecular weight excluding hydrogens is 256 g/mol. The molecule has 2 amide bonds. The number of amides is 2. The van der Waals surface area contributed by atoms with Crippen LogP contribution >= 0.6 is 0 Å². The lowest BCUT2D eigenvalue weighted by Crippen LogP contribution is -2.39. The third kappa shape index (κ3) is 3.57. The Morgan fingerprint density at radius 2 is 2.10 bits per heavy atom. The van der Waals surface area contributed by atoms with Crippen LogP contribution in [0.3, 0.4) is 0 Å². The van der Waals surface area contributed by atoms with E-state index < -0.39 is 11.8 Å². The standard InChI is InChI=1S/C15H20N2O3/c1-10-5-3-7-13(11(10)2)17-15(19)14(18)16-9-12-6-4-8-20-12/h3,5,7,12H,4,6,8-9H2,1-2H3,(H,16,18)(H,17,19)/t12-/m1/s1. The van der Waals surface area contributed by atoms with E-state index in [1.54, 1.807) is 6.07 Å². The molecule has 0 aliphatic carbocycles. The summed E-state index contributed by atoms with van der Waals surface area (Å²) in [5.74, 6) is -1.27. The molecule has 0 bridgehead atoms. The first-order valence-electron chi connectivity index (χ1n) is 6.85. The van der Waals surface area contributed by atoms with Gasteiger partial charge in [0.2, 0.25) is 0 Å². The lowest BCUT2D eigenvalue weighted by atomic mass is 10.1. The molecule has 0 spiro atoms. The average molecular weight is 276 g/mol. The Bertz CT molecular complexity index is 508. The molecule has 5 heteroatoms. The van der Waals surface area contributed by atoms with Gasteiger partial charge in [0.05, 0.1) is 6.10 Å². The number of carbonyl (C=O) groups is 2. The second kappa shape index (κ2) is 6.52. The Labute approximate surface area is 118 Å². The smallest absolute Gasteiger partial charge is 0.313 e. The Morgan fingerprint density at radius 3 is 2.80 bits per heavy atom. The zero-order valence-electron chi connectivity index (χ0n) is 11.9. The summed E-state index contributed by atoms with van der Waals surface area (Å²) in [5.41, 5.74) is 2.71. The number of aryl methyl sites for hydroxylation is 1. The second-order valence-corrected chi connectivity index (χ2v) is 5.05. The first kappa shape index (κ1) is 14.5. The highest BCUT2D eigenvalue weighted by atomic mass is 16.5. The van der Waals surface area contributed by atoms with E-state index in [0.29, 0.717) is 12.2 Å². The second-order valence-electron chi connectivity index (χ2n) is 5.05. The Morgan fingerprint density at radius 1 is 1.30 bits per heavy atom. The third-order valence-corrected chi connectivity index (χ3v) is 3.57. The summed E-state index contributed by atoms with van der Waals surface area (Å²) in [7, 11) is 0. The van der Waals surface area contributed by atoms with Crippen molar-refractivity contribution in [3.63, 3.8) is 0 Å². The lowest BCUT2D eigenvalue weighted by Gasteiger charge is -2.12. The van der Waals surface area contributed by atoms with Crippen molar-refractivity contribution in [1.82, 2.24) is 5.32 Å². The van der Waals surface area contributed by atoms with Gasteiger partial charge in [-0.2, -0.15) is 0 Å². The van der Waals surface area contributed by atoms with Crippen LogP contribution in [0.15, 0.2) is 18.2 Å². The molecule has 2 rings (SSSR count). The fourth-order valence-corrected chi connectivity index (χ4v) is 2.16. The zero-order valence-corrected chi connectivity index (χ0v) is 11.9. The first-order chi connectivity index (χ1) is 9.58. The average Bonchev–Trinajstić information content (AvgIpc) is 2.94. The van der Waals surface area contributed by atoms with Crippen LogP contribution in [0.5, 0.6) is 0 Å². The largest absolute Gasteiger partial charge is 0.376 e. The van der Waals surface area contributed by atoms with Crippen LogP contribution in [0.4, 0.5) is 5.69 Å². The van der Waals surface area contributed by atoms with Gasteiger partial charge < -0.3 is 15.4 Å². The molecule has 1 aliphatic heterocycles. The Hall–Kier alpha value is -1.88. The van der Waals surface area contributed by atoms with Gasteiger partial charge in [0.15, 0.2) is 0 Å². The van der Waals surface area contributed by atoms with Crippen molar-refractivity contribution in [3.8, 4) is 0 Å². The molecule has 0 saturated carbocycles. The summed E-state index contributed by atoms with van der Waals surface area (Å²) in [6, 6.07) is 5.60. The Kier molecular flexibility index (Phi) is 4.74. The first-order valence-corrected chi connectivity index (χ1v) is 6.85. The van der Waals surface area contributed by atoms with Gasteiger partial charge in [-0.25, -0.2) is 0 Å². The van der Waals surface area contributed by atoms with Gasteiger partial charge in [-0.05, 0) is 43.9 Å². The van der Waals surface area contributed by atoms with Crippen LogP contribution in [-0.4, -0.2) is 31.1 Å². The minimum atomic E-state index is -0.642. The fraction of sp³-hybridized carbons (Fsp3) is 0.467. The highest BCUT2D eigenvalue weighted by Crippen LogP contribution is 2.17. The summed E-state index contributed by atoms with van der Waals surface area (Å²) >= 11 is 0. The number of benzene rings is 1. The number of hydrogen-bond acceptors (Lipinski definition) is 3. The quantitative estimate of drug-likeness (QED) is 0.823. The summed E-state index contributed by atoms with van der Waals surface area (Å²) in [5, 5.41) is 5.24. The number of carbonyl (C=O) groups excluding carboxylic acids is 2. The maximum absolute atomic E-state index is 11.8. The van der Waals surface area contributed by atoms with Crippen LogP contribution in [0.25, 0.3) is 0 Å². The van der Waals surface area contributed by atoms with Crippen molar-refractivity contribution in [3.05, 3.63) is 29.3 Å². The van der Waals surface area contributed by atoms with E-state index in [2.05, 4.69) is 10.6 Å². The molecule has 1 saturated heterocycles. The monoisotopic (exact) mass is 276 g/mol. The van der Waals surface area contributed by atoms with Crippen molar-refractivity contribution < 1.29 is 14.3 Å². The number of anilines is 1. The molecule has 5 nitrogen and oxygen atoms in total. The van der Waals surface area contributed by atoms with Gasteiger partial charge in [-0.1, -0.05) is 12.1 Å². The van der Waals surface area contributed by atoms with Gasteiger partial charge in [0, 0.05) is 18.8 Å². The van der Waals surface area contributed by atoms with E-state index >= 15 is 0 Å². The van der Waals surface area contributed by atoms with Crippen LogP contribution in [0.2, 0.25) is 0 Å². The molecule has 1 heterocycles. The molecular formula is C15H20N2O3.